The summed E-state index contributed by atoms with van der Waals surface area (Å²) in [7, 11) is 0. The second kappa shape index (κ2) is 13.6. The molecule has 5 heteroatoms. The lowest BCUT2D eigenvalue weighted by Gasteiger charge is -2.24. The first-order valence-electron chi connectivity index (χ1n) is 12.2. The van der Waals surface area contributed by atoms with Crippen LogP contribution in [0, 0.1) is 34.0 Å². The molecule has 0 saturated carbocycles. The van der Waals surface area contributed by atoms with Gasteiger partial charge in [-0.25, -0.2) is 0 Å². The largest absolute Gasteiger partial charge is 0.480 e. The van der Waals surface area contributed by atoms with Gasteiger partial charge in [-0.05, 0) is 44.4 Å². The predicted octanol–water partition coefficient (Wildman–Crippen LogP) is 7.15. The molecule has 5 nitrogen and oxygen atoms in total. The summed E-state index contributed by atoms with van der Waals surface area (Å²) in [5.74, 6) is 0.0532. The van der Waals surface area contributed by atoms with Gasteiger partial charge in [0, 0.05) is 24.4 Å². The molecule has 0 N–H and O–H groups in total. The molecule has 0 aliphatic carbocycles. The monoisotopic (exact) mass is 466 g/mol. The van der Waals surface area contributed by atoms with Gasteiger partial charge in [-0.1, -0.05) is 75.3 Å². The van der Waals surface area contributed by atoms with Crippen LogP contribution in [0.15, 0.2) is 77.1 Å². The minimum absolute atomic E-state index is 0.0532. The average Bonchev–Trinajstić information content (AvgIpc) is 3.12. The normalized spacial score (nSPS) is 14.8. The Bertz CT molecular complexity index is 1120. The number of nitrogens with zero attached hydrogens (tertiary/aromatic N) is 4. The molecular weight excluding hydrogens is 432 g/mol. The van der Waals surface area contributed by atoms with E-state index in [1.807, 2.05) is 44.2 Å². The van der Waals surface area contributed by atoms with E-state index in [4.69, 9.17) is 15.3 Å². The summed E-state index contributed by atoms with van der Waals surface area (Å²) in [6, 6.07) is 14.3. The van der Waals surface area contributed by atoms with Crippen LogP contribution in [-0.2, 0) is 4.74 Å². The smallest absolute Gasteiger partial charge is 0.172 e. The molecule has 1 aliphatic heterocycles. The average molecular weight is 467 g/mol. The lowest BCUT2D eigenvalue weighted by molar-refractivity contribution is 0.0954. The zero-order chi connectivity index (χ0) is 25.7. The highest BCUT2D eigenvalue weighted by Crippen LogP contribution is 2.40. The van der Waals surface area contributed by atoms with E-state index in [9.17, 15) is 5.26 Å². The lowest BCUT2D eigenvalue weighted by atomic mass is 9.95. The summed E-state index contributed by atoms with van der Waals surface area (Å²) in [4.78, 5) is 2.47. The van der Waals surface area contributed by atoms with Crippen molar-refractivity contribution in [1.82, 2.24) is 0 Å². The molecule has 0 fully saturated rings. The molecule has 1 aromatic rings. The highest BCUT2D eigenvalue weighted by molar-refractivity contribution is 5.60. The van der Waals surface area contributed by atoms with E-state index in [0.29, 0.717) is 5.57 Å². The van der Waals surface area contributed by atoms with Crippen LogP contribution >= 0.6 is 0 Å². The minimum atomic E-state index is -0.802. The van der Waals surface area contributed by atoms with E-state index in [0.717, 1.165) is 18.7 Å². The Hall–Kier alpha value is -4.01. The number of unbranched alkanes of at least 4 members (excludes halogenated alkanes) is 2. The molecule has 1 heterocycles. The van der Waals surface area contributed by atoms with Gasteiger partial charge in [-0.15, -0.1) is 0 Å². The van der Waals surface area contributed by atoms with Crippen LogP contribution in [-0.4, -0.2) is 18.7 Å². The van der Waals surface area contributed by atoms with Gasteiger partial charge in [0.15, 0.2) is 11.3 Å². The number of rotatable bonds is 11. The van der Waals surface area contributed by atoms with Gasteiger partial charge in [0.1, 0.15) is 29.4 Å². The number of nitriles is 3. The molecule has 35 heavy (non-hydrogen) atoms. The fraction of sp³-hybridized carbons (Fsp3) is 0.367. The minimum Gasteiger partial charge on any atom is -0.480 e. The van der Waals surface area contributed by atoms with Crippen molar-refractivity contribution in [3.8, 4) is 18.2 Å². The SMILES string of the molecule is CCCCN(CCCC)c1ccc(/C=C/C=C/C=C/C2=C(C#N)C(=C(C#N)C#N)OC2(C)C)cc1. The second-order valence-corrected chi connectivity index (χ2v) is 8.83. The standard InChI is InChI=1S/C30H34N4O/c1-5-7-19-34(20-8-6-2)26-17-15-24(16-18-26)13-11-9-10-12-14-28-27(23-33)29(25(21-31)22-32)35-30(28,3)4/h9-18H,5-8,19-20H2,1-4H3/b10-9+,13-11+,14-12+. The summed E-state index contributed by atoms with van der Waals surface area (Å²) >= 11 is 0. The van der Waals surface area contributed by atoms with Crippen LogP contribution in [0.4, 0.5) is 5.69 Å². The number of allylic oxidation sites excluding steroid dienone is 6. The summed E-state index contributed by atoms with van der Waals surface area (Å²) in [5.41, 5.74) is 2.27. The first kappa shape index (κ1) is 27.2. The van der Waals surface area contributed by atoms with Gasteiger partial charge in [0.2, 0.25) is 0 Å². The zero-order valence-electron chi connectivity index (χ0n) is 21.2. The molecule has 1 aromatic carbocycles. The Morgan fingerprint density at radius 2 is 1.46 bits per heavy atom. The van der Waals surface area contributed by atoms with Crippen LogP contribution in [0.25, 0.3) is 6.08 Å². The van der Waals surface area contributed by atoms with Crippen molar-refractivity contribution in [2.24, 2.45) is 0 Å². The third-order valence-electron chi connectivity index (χ3n) is 5.77. The molecule has 0 unspecified atom stereocenters. The van der Waals surface area contributed by atoms with E-state index in [-0.39, 0.29) is 16.9 Å². The summed E-state index contributed by atoms with van der Waals surface area (Å²) in [6.07, 6.45) is 16.2. The lowest BCUT2D eigenvalue weighted by Crippen LogP contribution is -2.25. The van der Waals surface area contributed by atoms with Crippen LogP contribution in [0.2, 0.25) is 0 Å². The van der Waals surface area contributed by atoms with E-state index in [1.54, 1.807) is 18.2 Å². The van der Waals surface area contributed by atoms with Gasteiger partial charge < -0.3 is 9.64 Å². The first-order chi connectivity index (χ1) is 16.9. The Morgan fingerprint density at radius 3 is 1.97 bits per heavy atom. The number of anilines is 1. The molecule has 2 rings (SSSR count). The maximum atomic E-state index is 9.58. The van der Waals surface area contributed by atoms with Gasteiger partial charge in [-0.3, -0.25) is 0 Å². The van der Waals surface area contributed by atoms with Crippen molar-refractivity contribution >= 4 is 11.8 Å². The van der Waals surface area contributed by atoms with E-state index in [1.165, 1.54) is 31.4 Å². The third-order valence-corrected chi connectivity index (χ3v) is 5.77. The zero-order valence-corrected chi connectivity index (χ0v) is 21.2. The van der Waals surface area contributed by atoms with Crippen molar-refractivity contribution < 1.29 is 4.74 Å². The van der Waals surface area contributed by atoms with Gasteiger partial charge >= 0.3 is 0 Å². The van der Waals surface area contributed by atoms with E-state index < -0.39 is 5.60 Å². The van der Waals surface area contributed by atoms with Crippen LogP contribution < -0.4 is 4.90 Å². The highest BCUT2D eigenvalue weighted by Gasteiger charge is 2.38. The Kier molecular flexibility index (Phi) is 10.6. The van der Waals surface area contributed by atoms with Crippen molar-refractivity contribution in [3.63, 3.8) is 0 Å². The second-order valence-electron chi connectivity index (χ2n) is 8.83. The maximum Gasteiger partial charge on any atom is 0.172 e. The first-order valence-corrected chi connectivity index (χ1v) is 12.2. The topological polar surface area (TPSA) is 83.8 Å². The number of hydrogen-bond donors (Lipinski definition) is 0. The summed E-state index contributed by atoms with van der Waals surface area (Å²) in [6.45, 7) is 10.3. The maximum absolute atomic E-state index is 9.58. The van der Waals surface area contributed by atoms with Gasteiger partial charge in [-0.2, -0.15) is 15.8 Å². The predicted molar refractivity (Wildman–Crippen MR) is 142 cm³/mol. The van der Waals surface area contributed by atoms with Crippen molar-refractivity contribution in [2.75, 3.05) is 18.0 Å². The molecule has 180 valence electrons. The Balaban J connectivity index is 2.09. The van der Waals surface area contributed by atoms with E-state index >= 15 is 0 Å². The number of benzene rings is 1. The molecular formula is C30H34N4O. The summed E-state index contributed by atoms with van der Waals surface area (Å²) < 4.78 is 5.76. The summed E-state index contributed by atoms with van der Waals surface area (Å²) in [5, 5.41) is 27.9. The Morgan fingerprint density at radius 1 is 0.886 bits per heavy atom. The van der Waals surface area contributed by atoms with Gasteiger partial charge in [0.25, 0.3) is 0 Å². The molecule has 0 amide bonds. The molecule has 0 atom stereocenters. The van der Waals surface area contributed by atoms with Crippen LogP contribution in [0.3, 0.4) is 0 Å². The van der Waals surface area contributed by atoms with Crippen molar-refractivity contribution in [3.05, 3.63) is 82.7 Å². The number of hydrogen-bond acceptors (Lipinski definition) is 5. The quantitative estimate of drug-likeness (QED) is 0.255. The molecule has 1 aliphatic rings. The van der Waals surface area contributed by atoms with Crippen molar-refractivity contribution in [2.45, 2.75) is 59.0 Å². The molecule has 0 aromatic heterocycles. The van der Waals surface area contributed by atoms with Crippen LogP contribution in [0.1, 0.15) is 58.9 Å². The molecule has 0 spiro atoms. The molecule has 0 radical (unpaired) electrons. The Labute approximate surface area is 210 Å². The van der Waals surface area contributed by atoms with E-state index in [2.05, 4.69) is 49.1 Å². The fourth-order valence-electron chi connectivity index (χ4n) is 3.79. The molecule has 0 saturated heterocycles. The highest BCUT2D eigenvalue weighted by atomic mass is 16.5. The molecule has 0 bridgehead atoms. The van der Waals surface area contributed by atoms with Crippen LogP contribution in [0.5, 0.6) is 0 Å². The van der Waals surface area contributed by atoms with Gasteiger partial charge in [0.05, 0.1) is 0 Å². The fourth-order valence-corrected chi connectivity index (χ4v) is 3.79. The third kappa shape index (κ3) is 7.49. The van der Waals surface area contributed by atoms with Crippen molar-refractivity contribution in [1.29, 1.82) is 15.8 Å². The number of ether oxygens (including phenoxy) is 1.